The van der Waals surface area contributed by atoms with Gasteiger partial charge in [0.15, 0.2) is 0 Å². The van der Waals surface area contributed by atoms with E-state index in [-0.39, 0.29) is 11.9 Å². The van der Waals surface area contributed by atoms with E-state index in [2.05, 4.69) is 0 Å². The van der Waals surface area contributed by atoms with E-state index in [9.17, 15) is 9.59 Å². The van der Waals surface area contributed by atoms with Gasteiger partial charge in [-0.05, 0) is 39.5 Å². The lowest BCUT2D eigenvalue weighted by atomic mass is 9.83. The van der Waals surface area contributed by atoms with Gasteiger partial charge in [-0.25, -0.2) is 4.79 Å². The van der Waals surface area contributed by atoms with E-state index in [1.54, 1.807) is 11.8 Å². The van der Waals surface area contributed by atoms with Crippen molar-refractivity contribution in [3.05, 3.63) is 0 Å². The molecule has 0 aromatic rings. The van der Waals surface area contributed by atoms with Gasteiger partial charge in [0.2, 0.25) is 0 Å². The van der Waals surface area contributed by atoms with E-state index in [4.69, 9.17) is 0 Å². The van der Waals surface area contributed by atoms with E-state index in [0.717, 1.165) is 32.2 Å². The summed E-state index contributed by atoms with van der Waals surface area (Å²) in [5, 5.41) is 0. The largest absolute Gasteiger partial charge is 0.328 e. The van der Waals surface area contributed by atoms with Crippen molar-refractivity contribution in [2.75, 3.05) is 20.6 Å². The Labute approximate surface area is 104 Å². The molecule has 1 saturated carbocycles. The maximum Gasteiger partial charge on any atom is 0.319 e. The Bertz CT molecular complexity index is 283. The van der Waals surface area contributed by atoms with Crippen molar-refractivity contribution < 1.29 is 9.59 Å². The molecule has 0 heterocycles. The molecule has 0 radical (unpaired) electrons. The van der Waals surface area contributed by atoms with E-state index >= 15 is 0 Å². The van der Waals surface area contributed by atoms with Crippen LogP contribution in [0.1, 0.15) is 39.5 Å². The molecule has 0 aliphatic heterocycles. The first-order valence-corrected chi connectivity index (χ1v) is 6.45. The summed E-state index contributed by atoms with van der Waals surface area (Å²) in [6.45, 7) is 4.37. The molecule has 17 heavy (non-hydrogen) atoms. The van der Waals surface area contributed by atoms with E-state index < -0.39 is 0 Å². The van der Waals surface area contributed by atoms with Gasteiger partial charge in [0.1, 0.15) is 5.78 Å². The van der Waals surface area contributed by atoms with Crippen LogP contribution in [0.25, 0.3) is 0 Å². The third kappa shape index (κ3) is 3.45. The van der Waals surface area contributed by atoms with E-state index in [0.29, 0.717) is 11.8 Å². The van der Waals surface area contributed by atoms with Crippen LogP contribution in [0.15, 0.2) is 0 Å². The van der Waals surface area contributed by atoms with Gasteiger partial charge in [-0.3, -0.25) is 4.79 Å². The zero-order valence-electron chi connectivity index (χ0n) is 11.4. The highest BCUT2D eigenvalue weighted by molar-refractivity contribution is 5.78. The Balaban J connectivity index is 2.48. The van der Waals surface area contributed by atoms with Crippen LogP contribution in [-0.4, -0.2) is 48.3 Å². The molecule has 1 aliphatic rings. The second-order valence-corrected chi connectivity index (χ2v) is 5.02. The molecule has 0 spiro atoms. The second kappa shape index (κ2) is 6.03. The van der Waals surface area contributed by atoms with Gasteiger partial charge in [0, 0.05) is 32.6 Å². The van der Waals surface area contributed by atoms with Gasteiger partial charge in [-0.15, -0.1) is 0 Å². The Morgan fingerprint density at radius 2 is 1.65 bits per heavy atom. The highest BCUT2D eigenvalue weighted by Gasteiger charge is 2.29. The van der Waals surface area contributed by atoms with Crippen LogP contribution in [0.2, 0.25) is 0 Å². The minimum absolute atomic E-state index is 0.0822. The Hall–Kier alpha value is -1.06. The van der Waals surface area contributed by atoms with Crippen LogP contribution in [-0.2, 0) is 4.79 Å². The van der Waals surface area contributed by atoms with Crippen molar-refractivity contribution in [3.63, 3.8) is 0 Å². The predicted molar refractivity (Wildman–Crippen MR) is 67.9 cm³/mol. The summed E-state index contributed by atoms with van der Waals surface area (Å²) in [7, 11) is 3.69. The highest BCUT2D eigenvalue weighted by atomic mass is 16.2. The second-order valence-electron chi connectivity index (χ2n) is 5.02. The van der Waals surface area contributed by atoms with Gasteiger partial charge in [0.25, 0.3) is 0 Å². The van der Waals surface area contributed by atoms with Crippen LogP contribution in [0, 0.1) is 5.92 Å². The van der Waals surface area contributed by atoms with Crippen LogP contribution in [0.4, 0.5) is 4.79 Å². The molecule has 1 rings (SSSR count). The standard InChI is InChI=1S/C13H24N2O2/c1-5-14(3)13(17)15(4)12-8-6-11(7-9-12)10(2)16/h11-12H,5-9H2,1-4H3/t11-,12-. The smallest absolute Gasteiger partial charge is 0.319 e. The van der Waals surface area contributed by atoms with Crippen molar-refractivity contribution in [2.24, 2.45) is 5.92 Å². The molecular weight excluding hydrogens is 216 g/mol. The normalized spacial score (nSPS) is 24.2. The number of nitrogens with zero attached hydrogens (tertiary/aromatic N) is 2. The molecule has 2 amide bonds. The van der Waals surface area contributed by atoms with Crippen molar-refractivity contribution in [1.29, 1.82) is 0 Å². The number of amides is 2. The van der Waals surface area contributed by atoms with Gasteiger partial charge < -0.3 is 9.80 Å². The number of carbonyl (C=O) groups is 2. The van der Waals surface area contributed by atoms with Gasteiger partial charge in [-0.2, -0.15) is 0 Å². The first kappa shape index (κ1) is 14.0. The molecule has 1 fully saturated rings. The average Bonchev–Trinajstić information content (AvgIpc) is 2.36. The van der Waals surface area contributed by atoms with Gasteiger partial charge in [0.05, 0.1) is 0 Å². The number of carbonyl (C=O) groups excluding carboxylic acids is 2. The molecule has 98 valence electrons. The SMILES string of the molecule is CCN(C)C(=O)N(C)[C@H]1CC[C@H](C(C)=O)CC1. The molecule has 0 atom stereocenters. The van der Waals surface area contributed by atoms with Crippen LogP contribution in [0.3, 0.4) is 0 Å². The summed E-state index contributed by atoms with van der Waals surface area (Å²) < 4.78 is 0. The maximum atomic E-state index is 12.0. The summed E-state index contributed by atoms with van der Waals surface area (Å²) in [5.74, 6) is 0.516. The molecule has 0 saturated heterocycles. The number of Topliss-reactive ketones (excluding diaryl/α,β-unsaturated/α-hetero) is 1. The van der Waals surface area contributed by atoms with Crippen molar-refractivity contribution in [1.82, 2.24) is 9.80 Å². The molecule has 0 bridgehead atoms. The monoisotopic (exact) mass is 240 g/mol. The summed E-state index contributed by atoms with van der Waals surface area (Å²) in [5.41, 5.74) is 0. The summed E-state index contributed by atoms with van der Waals surface area (Å²) >= 11 is 0. The first-order valence-electron chi connectivity index (χ1n) is 6.45. The lowest BCUT2D eigenvalue weighted by Crippen LogP contribution is -2.46. The van der Waals surface area contributed by atoms with Crippen LogP contribution in [0.5, 0.6) is 0 Å². The predicted octanol–water partition coefficient (Wildman–Crippen LogP) is 2.14. The topological polar surface area (TPSA) is 40.6 Å². The Morgan fingerprint density at radius 3 is 2.06 bits per heavy atom. The molecular formula is C13H24N2O2. The fourth-order valence-electron chi connectivity index (χ4n) is 2.43. The Kier molecular flexibility index (Phi) is 4.97. The molecule has 4 nitrogen and oxygen atoms in total. The van der Waals surface area contributed by atoms with Crippen molar-refractivity contribution in [3.8, 4) is 0 Å². The van der Waals surface area contributed by atoms with Gasteiger partial charge in [-0.1, -0.05) is 0 Å². The van der Waals surface area contributed by atoms with Crippen LogP contribution >= 0.6 is 0 Å². The number of hydrogen-bond donors (Lipinski definition) is 0. The zero-order chi connectivity index (χ0) is 13.0. The molecule has 0 N–H and O–H groups in total. The van der Waals surface area contributed by atoms with Crippen molar-refractivity contribution >= 4 is 11.8 Å². The first-order chi connectivity index (χ1) is 7.97. The number of urea groups is 1. The molecule has 0 aromatic heterocycles. The minimum Gasteiger partial charge on any atom is -0.328 e. The highest BCUT2D eigenvalue weighted by Crippen LogP contribution is 2.27. The number of hydrogen-bond acceptors (Lipinski definition) is 2. The number of rotatable bonds is 3. The van der Waals surface area contributed by atoms with Crippen molar-refractivity contribution in [2.45, 2.75) is 45.6 Å². The average molecular weight is 240 g/mol. The molecule has 1 aliphatic carbocycles. The summed E-state index contributed by atoms with van der Waals surface area (Å²) in [6, 6.07) is 0.380. The van der Waals surface area contributed by atoms with Crippen LogP contribution < -0.4 is 0 Å². The third-order valence-electron chi connectivity index (χ3n) is 3.92. The number of ketones is 1. The van der Waals surface area contributed by atoms with Gasteiger partial charge >= 0.3 is 6.03 Å². The third-order valence-corrected chi connectivity index (χ3v) is 3.92. The fourth-order valence-corrected chi connectivity index (χ4v) is 2.43. The van der Waals surface area contributed by atoms with E-state index in [1.807, 2.05) is 25.9 Å². The van der Waals surface area contributed by atoms with E-state index in [1.165, 1.54) is 0 Å². The molecule has 4 heteroatoms. The summed E-state index contributed by atoms with van der Waals surface area (Å²) in [4.78, 5) is 26.8. The molecule has 0 aromatic carbocycles. The Morgan fingerprint density at radius 1 is 1.12 bits per heavy atom. The lowest BCUT2D eigenvalue weighted by molar-refractivity contribution is -0.121. The zero-order valence-corrected chi connectivity index (χ0v) is 11.4. The molecule has 0 unspecified atom stereocenters. The quantitative estimate of drug-likeness (QED) is 0.758. The maximum absolute atomic E-state index is 12.0. The summed E-state index contributed by atoms with van der Waals surface area (Å²) in [6.07, 6.45) is 3.75. The lowest BCUT2D eigenvalue weighted by Gasteiger charge is -2.35. The fraction of sp³-hybridized carbons (Fsp3) is 0.846. The minimum atomic E-state index is 0.0822.